The average molecular weight is 356 g/mol. The van der Waals surface area contributed by atoms with E-state index in [2.05, 4.69) is 0 Å². The Morgan fingerprint density at radius 1 is 1.22 bits per heavy atom. The molecule has 1 aliphatic rings. The lowest BCUT2D eigenvalue weighted by molar-refractivity contribution is -0.113. The maximum absolute atomic E-state index is 12.3. The monoisotopic (exact) mass is 356 g/mol. The fourth-order valence-corrected chi connectivity index (χ4v) is 2.81. The van der Waals surface area contributed by atoms with Gasteiger partial charge in [-0.15, -0.1) is 0 Å². The van der Waals surface area contributed by atoms with Gasteiger partial charge in [-0.05, 0) is 41.6 Å². The van der Waals surface area contributed by atoms with E-state index in [1.54, 1.807) is 40.8 Å². The first-order valence-corrected chi connectivity index (χ1v) is 6.24. The number of hydrogen-bond donors (Lipinski definition) is 0. The Balaban J connectivity index is 2.77. The molecule has 92 valence electrons. The van der Waals surface area contributed by atoms with E-state index < -0.39 is 11.6 Å². The van der Waals surface area contributed by atoms with Crippen molar-refractivity contribution in [1.82, 2.24) is 0 Å². The number of carbonyl (C=O) groups is 3. The predicted octanol–water partition coefficient (Wildman–Crippen LogP) is 2.35. The van der Waals surface area contributed by atoms with Crippen LogP contribution in [0.3, 0.4) is 0 Å². The number of ketones is 3. The van der Waals surface area contributed by atoms with Crippen LogP contribution in [-0.4, -0.2) is 24.5 Å². The highest BCUT2D eigenvalue weighted by atomic mass is 127. The van der Waals surface area contributed by atoms with Crippen molar-refractivity contribution in [2.24, 2.45) is 0 Å². The molecular weight excluding hydrogens is 347 g/mol. The molecule has 0 fully saturated rings. The molecule has 0 bridgehead atoms. The molecule has 1 aromatic carbocycles. The fourth-order valence-electron chi connectivity index (χ4n) is 1.90. The van der Waals surface area contributed by atoms with Crippen LogP contribution in [0.15, 0.2) is 27.4 Å². The van der Waals surface area contributed by atoms with Crippen LogP contribution in [0.5, 0.6) is 5.75 Å². The van der Waals surface area contributed by atoms with Gasteiger partial charge >= 0.3 is 0 Å². The maximum Gasteiger partial charge on any atom is 0.202 e. The second kappa shape index (κ2) is 4.64. The molecule has 0 atom stereocenters. The summed E-state index contributed by atoms with van der Waals surface area (Å²) in [6, 6.07) is 4.80. The highest BCUT2D eigenvalue weighted by molar-refractivity contribution is 14.1. The lowest BCUT2D eigenvalue weighted by Gasteiger charge is -2.18. The molecule has 0 heterocycles. The number of carbonyl (C=O) groups excluding carboxylic acids is 3. The number of rotatable bonds is 2. The van der Waals surface area contributed by atoms with Crippen molar-refractivity contribution in [2.45, 2.75) is 6.92 Å². The van der Waals surface area contributed by atoms with E-state index in [0.29, 0.717) is 5.75 Å². The molecular formula is C13H9IO4. The number of Topliss-reactive ketones (excluding diaryl/α,β-unsaturated/α-hetero) is 3. The molecule has 2 rings (SSSR count). The molecule has 0 aromatic heterocycles. The van der Waals surface area contributed by atoms with Gasteiger partial charge in [-0.25, -0.2) is 0 Å². The Bertz CT molecular complexity index is 613. The zero-order valence-electron chi connectivity index (χ0n) is 9.74. The largest absolute Gasteiger partial charge is 0.496 e. The quantitative estimate of drug-likeness (QED) is 0.603. The molecule has 0 saturated heterocycles. The topological polar surface area (TPSA) is 60.4 Å². The maximum atomic E-state index is 12.3. The Labute approximate surface area is 117 Å². The van der Waals surface area contributed by atoms with Gasteiger partial charge in [0.25, 0.3) is 0 Å². The Morgan fingerprint density at radius 3 is 2.44 bits per heavy atom. The van der Waals surface area contributed by atoms with Gasteiger partial charge in [0.1, 0.15) is 5.75 Å². The number of halogens is 1. The van der Waals surface area contributed by atoms with E-state index in [9.17, 15) is 14.4 Å². The standard InChI is InChI=1S/C13H9IO4/c1-6(15)9-11(14)12(16)7-4-3-5-8(18-2)10(7)13(9)17/h3-5H,1-2H3. The highest BCUT2D eigenvalue weighted by Gasteiger charge is 2.35. The van der Waals surface area contributed by atoms with Crippen LogP contribution in [0.4, 0.5) is 0 Å². The SMILES string of the molecule is COc1cccc2c1C(=O)C(C(C)=O)=C(I)C2=O. The summed E-state index contributed by atoms with van der Waals surface area (Å²) in [6.45, 7) is 1.28. The molecule has 0 N–H and O–H groups in total. The summed E-state index contributed by atoms with van der Waals surface area (Å²) in [7, 11) is 1.42. The van der Waals surface area contributed by atoms with Gasteiger partial charge in [0.15, 0.2) is 5.78 Å². The van der Waals surface area contributed by atoms with E-state index >= 15 is 0 Å². The highest BCUT2D eigenvalue weighted by Crippen LogP contribution is 2.35. The lowest BCUT2D eigenvalue weighted by Crippen LogP contribution is -2.24. The second-order valence-electron chi connectivity index (χ2n) is 3.79. The van der Waals surface area contributed by atoms with E-state index in [-0.39, 0.29) is 26.1 Å². The predicted molar refractivity (Wildman–Crippen MR) is 73.4 cm³/mol. The van der Waals surface area contributed by atoms with E-state index in [1.165, 1.54) is 14.0 Å². The molecule has 0 radical (unpaired) electrons. The van der Waals surface area contributed by atoms with Gasteiger partial charge < -0.3 is 4.74 Å². The average Bonchev–Trinajstić information content (AvgIpc) is 2.34. The number of benzene rings is 1. The van der Waals surface area contributed by atoms with Crippen molar-refractivity contribution < 1.29 is 19.1 Å². The van der Waals surface area contributed by atoms with Crippen LogP contribution < -0.4 is 4.74 Å². The number of methoxy groups -OCH3 is 1. The summed E-state index contributed by atoms with van der Waals surface area (Å²) in [4.78, 5) is 35.9. The van der Waals surface area contributed by atoms with E-state index in [1.807, 2.05) is 0 Å². The van der Waals surface area contributed by atoms with Crippen LogP contribution in [-0.2, 0) is 4.79 Å². The first-order chi connectivity index (χ1) is 8.49. The van der Waals surface area contributed by atoms with Crippen molar-refractivity contribution in [2.75, 3.05) is 7.11 Å². The Morgan fingerprint density at radius 2 is 1.89 bits per heavy atom. The van der Waals surface area contributed by atoms with Crippen LogP contribution in [0, 0.1) is 0 Å². The zero-order valence-corrected chi connectivity index (χ0v) is 11.9. The Kier molecular flexibility index (Phi) is 3.34. The molecule has 5 heteroatoms. The molecule has 0 saturated carbocycles. The van der Waals surface area contributed by atoms with Gasteiger partial charge in [0, 0.05) is 5.56 Å². The van der Waals surface area contributed by atoms with Gasteiger partial charge in [0.2, 0.25) is 11.6 Å². The third kappa shape index (κ3) is 1.78. The third-order valence-electron chi connectivity index (χ3n) is 2.72. The van der Waals surface area contributed by atoms with E-state index in [0.717, 1.165) is 0 Å². The number of fused-ring (bicyclic) bond motifs is 1. The number of ether oxygens (including phenoxy) is 1. The van der Waals surface area contributed by atoms with Crippen molar-refractivity contribution in [3.63, 3.8) is 0 Å². The van der Waals surface area contributed by atoms with Crippen molar-refractivity contribution >= 4 is 39.9 Å². The molecule has 0 amide bonds. The van der Waals surface area contributed by atoms with Gasteiger partial charge in [-0.1, -0.05) is 6.07 Å². The minimum atomic E-state index is -0.445. The smallest absolute Gasteiger partial charge is 0.202 e. The van der Waals surface area contributed by atoms with Crippen molar-refractivity contribution in [3.8, 4) is 5.75 Å². The molecule has 0 aliphatic heterocycles. The van der Waals surface area contributed by atoms with Gasteiger partial charge in [0.05, 0.1) is 21.8 Å². The molecule has 4 nitrogen and oxygen atoms in total. The van der Waals surface area contributed by atoms with E-state index in [4.69, 9.17) is 4.74 Å². The first-order valence-electron chi connectivity index (χ1n) is 5.16. The van der Waals surface area contributed by atoms with Crippen molar-refractivity contribution in [1.29, 1.82) is 0 Å². The van der Waals surface area contributed by atoms with Gasteiger partial charge in [-0.3, -0.25) is 14.4 Å². The summed E-state index contributed by atoms with van der Waals surface area (Å²) in [5.74, 6) is -0.851. The van der Waals surface area contributed by atoms with Gasteiger partial charge in [-0.2, -0.15) is 0 Å². The third-order valence-corrected chi connectivity index (χ3v) is 3.75. The second-order valence-corrected chi connectivity index (χ2v) is 4.86. The summed E-state index contributed by atoms with van der Waals surface area (Å²) < 4.78 is 5.26. The van der Waals surface area contributed by atoms with Crippen LogP contribution in [0.25, 0.3) is 0 Å². The lowest BCUT2D eigenvalue weighted by atomic mass is 9.87. The van der Waals surface area contributed by atoms with Crippen molar-refractivity contribution in [3.05, 3.63) is 38.5 Å². The summed E-state index contributed by atoms with van der Waals surface area (Å²) >= 11 is 1.74. The minimum absolute atomic E-state index is 0.0578. The molecule has 1 aliphatic carbocycles. The number of hydrogen-bond acceptors (Lipinski definition) is 4. The zero-order chi connectivity index (χ0) is 13.4. The van der Waals surface area contributed by atoms with Crippen LogP contribution >= 0.6 is 22.6 Å². The minimum Gasteiger partial charge on any atom is -0.496 e. The molecule has 1 aromatic rings. The first kappa shape index (κ1) is 12.9. The summed E-state index contributed by atoms with van der Waals surface area (Å²) in [5.41, 5.74) is 0.405. The Hall–Kier alpha value is -1.50. The van der Waals surface area contributed by atoms with Crippen LogP contribution in [0.1, 0.15) is 27.6 Å². The summed E-state index contributed by atoms with van der Waals surface area (Å²) in [5, 5.41) is 0. The molecule has 0 unspecified atom stereocenters. The van der Waals surface area contributed by atoms with Crippen LogP contribution in [0.2, 0.25) is 0 Å². The number of allylic oxidation sites excluding steroid dienone is 2. The molecule has 0 spiro atoms. The normalized spacial score (nSPS) is 14.6. The fraction of sp³-hybridized carbons (Fsp3) is 0.154. The summed E-state index contributed by atoms with van der Waals surface area (Å²) in [6.07, 6.45) is 0. The molecule has 18 heavy (non-hydrogen) atoms.